The standard InChI is InChI=1S/C24H19ClN4O6/c1-14(18-12-20(29(34)35)22(31)13-21(18)30)27-28-24(33)19(11-15-7-9-17(25)10-8-15)26-23(32)16-5-3-2-4-6-16/h2-13,30-31H,1H3,(H,26,32)(H,28,33)/b19-11?,27-14+. The Labute approximate surface area is 204 Å². The van der Waals surface area contributed by atoms with Crippen LogP contribution in [-0.2, 0) is 4.79 Å². The number of benzene rings is 3. The zero-order valence-electron chi connectivity index (χ0n) is 18.2. The highest BCUT2D eigenvalue weighted by Crippen LogP contribution is 2.33. The van der Waals surface area contributed by atoms with Crippen molar-refractivity contribution in [2.24, 2.45) is 5.10 Å². The smallest absolute Gasteiger partial charge is 0.311 e. The molecule has 11 heteroatoms. The number of phenols is 2. The summed E-state index contributed by atoms with van der Waals surface area (Å²) in [6.07, 6.45) is 1.42. The fourth-order valence-corrected chi connectivity index (χ4v) is 3.05. The third-order valence-electron chi connectivity index (χ3n) is 4.71. The topological polar surface area (TPSA) is 154 Å². The van der Waals surface area contributed by atoms with Gasteiger partial charge < -0.3 is 15.5 Å². The number of carbonyl (C=O) groups excluding carboxylic acids is 2. The van der Waals surface area contributed by atoms with Gasteiger partial charge in [0.2, 0.25) is 0 Å². The molecule has 2 amide bonds. The van der Waals surface area contributed by atoms with Gasteiger partial charge in [0.05, 0.1) is 10.6 Å². The molecule has 0 atom stereocenters. The molecule has 0 unspecified atom stereocenters. The van der Waals surface area contributed by atoms with Gasteiger partial charge in [-0.2, -0.15) is 5.10 Å². The number of nitrogens with zero attached hydrogens (tertiary/aromatic N) is 2. The summed E-state index contributed by atoms with van der Waals surface area (Å²) in [6, 6.07) is 16.5. The Morgan fingerprint density at radius 3 is 2.31 bits per heavy atom. The summed E-state index contributed by atoms with van der Waals surface area (Å²) in [4.78, 5) is 35.8. The van der Waals surface area contributed by atoms with Crippen molar-refractivity contribution in [3.8, 4) is 11.5 Å². The van der Waals surface area contributed by atoms with E-state index in [9.17, 15) is 29.9 Å². The fourth-order valence-electron chi connectivity index (χ4n) is 2.92. The number of halogens is 1. The van der Waals surface area contributed by atoms with Crippen LogP contribution < -0.4 is 10.7 Å². The highest BCUT2D eigenvalue weighted by Gasteiger charge is 2.20. The molecule has 10 nitrogen and oxygen atoms in total. The lowest BCUT2D eigenvalue weighted by Crippen LogP contribution is -2.33. The highest BCUT2D eigenvalue weighted by molar-refractivity contribution is 6.30. The number of aromatic hydroxyl groups is 2. The average molecular weight is 495 g/mol. The lowest BCUT2D eigenvalue weighted by Gasteiger charge is -2.10. The van der Waals surface area contributed by atoms with E-state index < -0.39 is 33.9 Å². The Morgan fingerprint density at radius 2 is 1.69 bits per heavy atom. The molecule has 0 spiro atoms. The third kappa shape index (κ3) is 6.42. The van der Waals surface area contributed by atoms with Crippen molar-refractivity contribution >= 4 is 40.9 Å². The zero-order chi connectivity index (χ0) is 25.5. The van der Waals surface area contributed by atoms with Crippen LogP contribution >= 0.6 is 11.6 Å². The van der Waals surface area contributed by atoms with E-state index in [1.54, 1.807) is 54.6 Å². The summed E-state index contributed by atoms with van der Waals surface area (Å²) in [5, 5.41) is 37.7. The van der Waals surface area contributed by atoms with Crippen LogP contribution in [0.3, 0.4) is 0 Å². The molecule has 0 heterocycles. The molecule has 0 aromatic heterocycles. The molecule has 4 N–H and O–H groups in total. The van der Waals surface area contributed by atoms with Gasteiger partial charge in [0, 0.05) is 28.3 Å². The lowest BCUT2D eigenvalue weighted by atomic mass is 10.1. The minimum atomic E-state index is -0.823. The zero-order valence-corrected chi connectivity index (χ0v) is 19.0. The first-order valence-corrected chi connectivity index (χ1v) is 10.4. The van der Waals surface area contributed by atoms with Crippen LogP contribution in [-0.4, -0.2) is 32.7 Å². The largest absolute Gasteiger partial charge is 0.507 e. The second kappa shape index (κ2) is 10.9. The normalized spacial score (nSPS) is 11.6. The molecule has 0 fully saturated rings. The third-order valence-corrected chi connectivity index (χ3v) is 4.97. The first-order chi connectivity index (χ1) is 16.7. The summed E-state index contributed by atoms with van der Waals surface area (Å²) in [7, 11) is 0. The maximum absolute atomic E-state index is 12.9. The number of nitro benzene ring substituents is 1. The van der Waals surface area contributed by atoms with Crippen molar-refractivity contribution in [2.75, 3.05) is 0 Å². The summed E-state index contributed by atoms with van der Waals surface area (Å²) < 4.78 is 0. The Hall–Kier alpha value is -4.70. The number of hydrogen-bond donors (Lipinski definition) is 4. The van der Waals surface area contributed by atoms with Crippen molar-refractivity contribution in [2.45, 2.75) is 6.92 Å². The van der Waals surface area contributed by atoms with Crippen LogP contribution in [0.1, 0.15) is 28.4 Å². The Morgan fingerprint density at radius 1 is 1.03 bits per heavy atom. The molecule has 3 rings (SSSR count). The van der Waals surface area contributed by atoms with Crippen LogP contribution in [0, 0.1) is 10.1 Å². The quantitative estimate of drug-likeness (QED) is 0.168. The summed E-state index contributed by atoms with van der Waals surface area (Å²) in [6.45, 7) is 1.39. The molecule has 0 saturated carbocycles. The van der Waals surface area contributed by atoms with Gasteiger partial charge in [0.15, 0.2) is 5.75 Å². The molecule has 178 valence electrons. The second-order valence-electron chi connectivity index (χ2n) is 7.18. The van der Waals surface area contributed by atoms with E-state index >= 15 is 0 Å². The van der Waals surface area contributed by atoms with E-state index in [4.69, 9.17) is 11.6 Å². The van der Waals surface area contributed by atoms with Crippen LogP contribution in [0.5, 0.6) is 11.5 Å². The molecule has 3 aromatic rings. The van der Waals surface area contributed by atoms with Crippen molar-refractivity contribution in [3.05, 3.63) is 104 Å². The molecule has 0 radical (unpaired) electrons. The van der Waals surface area contributed by atoms with Gasteiger partial charge in [-0.05, 0) is 42.8 Å². The van der Waals surface area contributed by atoms with Gasteiger partial charge in [0.25, 0.3) is 11.8 Å². The Balaban J connectivity index is 1.89. The van der Waals surface area contributed by atoms with Crippen molar-refractivity contribution < 1.29 is 24.7 Å². The van der Waals surface area contributed by atoms with Gasteiger partial charge in [0.1, 0.15) is 11.4 Å². The van der Waals surface area contributed by atoms with Gasteiger partial charge in [-0.15, -0.1) is 0 Å². The first kappa shape index (κ1) is 24.9. The number of nitro groups is 1. The second-order valence-corrected chi connectivity index (χ2v) is 7.62. The summed E-state index contributed by atoms with van der Waals surface area (Å²) in [5.74, 6) is -2.52. The lowest BCUT2D eigenvalue weighted by molar-refractivity contribution is -0.385. The van der Waals surface area contributed by atoms with E-state index in [2.05, 4.69) is 15.8 Å². The number of hydrazone groups is 1. The molecule has 0 aliphatic carbocycles. The van der Waals surface area contributed by atoms with Crippen molar-refractivity contribution in [3.63, 3.8) is 0 Å². The molecule has 0 saturated heterocycles. The van der Waals surface area contributed by atoms with Gasteiger partial charge >= 0.3 is 5.69 Å². The summed E-state index contributed by atoms with van der Waals surface area (Å²) in [5.41, 5.74) is 2.30. The summed E-state index contributed by atoms with van der Waals surface area (Å²) >= 11 is 5.91. The number of carbonyl (C=O) groups is 2. The molecule has 0 aliphatic rings. The van der Waals surface area contributed by atoms with E-state index in [-0.39, 0.29) is 17.0 Å². The number of amides is 2. The van der Waals surface area contributed by atoms with E-state index in [1.807, 2.05) is 0 Å². The van der Waals surface area contributed by atoms with Crippen LogP contribution in [0.2, 0.25) is 5.02 Å². The average Bonchev–Trinajstić information content (AvgIpc) is 2.83. The van der Waals surface area contributed by atoms with Gasteiger partial charge in [-0.25, -0.2) is 5.43 Å². The van der Waals surface area contributed by atoms with Crippen molar-refractivity contribution in [1.29, 1.82) is 0 Å². The maximum atomic E-state index is 12.9. The monoisotopic (exact) mass is 494 g/mol. The van der Waals surface area contributed by atoms with Gasteiger partial charge in [-0.3, -0.25) is 19.7 Å². The Kier molecular flexibility index (Phi) is 7.80. The molecule has 0 aliphatic heterocycles. The number of nitrogens with one attached hydrogen (secondary N) is 2. The van der Waals surface area contributed by atoms with Gasteiger partial charge in [-0.1, -0.05) is 41.9 Å². The number of hydrogen-bond acceptors (Lipinski definition) is 7. The predicted octanol–water partition coefficient (Wildman–Crippen LogP) is 3.97. The van der Waals surface area contributed by atoms with E-state index in [0.29, 0.717) is 16.1 Å². The molecular weight excluding hydrogens is 476 g/mol. The minimum absolute atomic E-state index is 0.0131. The van der Waals surface area contributed by atoms with Crippen molar-refractivity contribution in [1.82, 2.24) is 10.7 Å². The molecule has 3 aromatic carbocycles. The van der Waals surface area contributed by atoms with Crippen LogP contribution in [0.15, 0.2) is 77.5 Å². The van der Waals surface area contributed by atoms with E-state index in [1.165, 1.54) is 13.0 Å². The van der Waals surface area contributed by atoms with Crippen LogP contribution in [0.4, 0.5) is 5.69 Å². The highest BCUT2D eigenvalue weighted by atomic mass is 35.5. The maximum Gasteiger partial charge on any atom is 0.311 e. The van der Waals surface area contributed by atoms with E-state index in [0.717, 1.165) is 12.1 Å². The number of phenolic OH excluding ortho intramolecular Hbond substituents is 2. The molecule has 0 bridgehead atoms. The first-order valence-electron chi connectivity index (χ1n) is 10.0. The molecular formula is C24H19ClN4O6. The number of rotatable bonds is 7. The van der Waals surface area contributed by atoms with Crippen LogP contribution in [0.25, 0.3) is 6.08 Å². The molecule has 35 heavy (non-hydrogen) atoms. The fraction of sp³-hybridized carbons (Fsp3) is 0.0417. The SMILES string of the molecule is C/C(=N\NC(=O)C(=Cc1ccc(Cl)cc1)NC(=O)c1ccccc1)c1cc([N+](=O)[O-])c(O)cc1O. The minimum Gasteiger partial charge on any atom is -0.507 e. The predicted molar refractivity (Wildman–Crippen MR) is 130 cm³/mol. The Bertz CT molecular complexity index is 1340.